The van der Waals surface area contributed by atoms with Crippen molar-refractivity contribution in [3.63, 3.8) is 0 Å². The minimum Gasteiger partial charge on any atom is -0.359 e. The fourth-order valence-corrected chi connectivity index (χ4v) is 1.58. The van der Waals surface area contributed by atoms with E-state index < -0.39 is 0 Å². The van der Waals surface area contributed by atoms with Crippen LogP contribution in [-0.2, 0) is 0 Å². The molecule has 0 aliphatic carbocycles. The van der Waals surface area contributed by atoms with Crippen LogP contribution in [0.5, 0.6) is 0 Å². The van der Waals surface area contributed by atoms with E-state index in [2.05, 4.69) is 20.2 Å². The van der Waals surface area contributed by atoms with Crippen LogP contribution in [0.3, 0.4) is 0 Å². The summed E-state index contributed by atoms with van der Waals surface area (Å²) in [7, 11) is 0. The standard InChI is InChI=1S/C12H10N4/c1-2-5-9(6-3-1)11-14-12(16-15-11)10-7-4-8-13-10/h1-8,13H,(H,14,15,16). The van der Waals surface area contributed by atoms with E-state index in [9.17, 15) is 0 Å². The number of hydrogen-bond acceptors (Lipinski definition) is 2. The SMILES string of the molecule is c1ccc(-c2n[nH]c(-c3ccc[nH]3)n2)cc1. The predicted octanol–water partition coefficient (Wildman–Crippen LogP) is 2.47. The molecule has 4 nitrogen and oxygen atoms in total. The molecule has 2 aromatic heterocycles. The summed E-state index contributed by atoms with van der Waals surface area (Å²) in [5, 5.41) is 7.10. The molecule has 0 unspecified atom stereocenters. The molecular formula is C12H10N4. The predicted molar refractivity (Wildman–Crippen MR) is 61.6 cm³/mol. The summed E-state index contributed by atoms with van der Waals surface area (Å²) in [5.74, 6) is 1.47. The van der Waals surface area contributed by atoms with Crippen LogP contribution < -0.4 is 0 Å². The van der Waals surface area contributed by atoms with E-state index in [-0.39, 0.29) is 0 Å². The van der Waals surface area contributed by atoms with E-state index in [0.29, 0.717) is 5.82 Å². The van der Waals surface area contributed by atoms with E-state index in [1.807, 2.05) is 48.7 Å². The molecule has 0 spiro atoms. The zero-order valence-electron chi connectivity index (χ0n) is 8.51. The van der Waals surface area contributed by atoms with Gasteiger partial charge in [-0.05, 0) is 12.1 Å². The third-order valence-corrected chi connectivity index (χ3v) is 2.37. The Hall–Kier alpha value is -2.36. The van der Waals surface area contributed by atoms with Crippen LogP contribution >= 0.6 is 0 Å². The number of hydrogen-bond donors (Lipinski definition) is 2. The lowest BCUT2D eigenvalue weighted by Gasteiger charge is -1.91. The molecule has 0 saturated heterocycles. The molecule has 1 aromatic carbocycles. The van der Waals surface area contributed by atoms with E-state index in [1.54, 1.807) is 0 Å². The van der Waals surface area contributed by atoms with E-state index in [0.717, 1.165) is 17.1 Å². The molecule has 0 radical (unpaired) electrons. The molecule has 3 aromatic rings. The van der Waals surface area contributed by atoms with Gasteiger partial charge in [-0.1, -0.05) is 30.3 Å². The Morgan fingerprint density at radius 1 is 0.938 bits per heavy atom. The molecule has 3 rings (SSSR count). The molecule has 0 amide bonds. The van der Waals surface area contributed by atoms with Gasteiger partial charge in [0.25, 0.3) is 0 Å². The largest absolute Gasteiger partial charge is 0.359 e. The Labute approximate surface area is 92.4 Å². The molecule has 0 aliphatic rings. The van der Waals surface area contributed by atoms with Crippen molar-refractivity contribution in [1.82, 2.24) is 20.2 Å². The number of rotatable bonds is 2. The molecule has 2 heterocycles. The molecule has 4 heteroatoms. The second-order valence-electron chi connectivity index (χ2n) is 3.46. The third-order valence-electron chi connectivity index (χ3n) is 2.37. The van der Waals surface area contributed by atoms with Crippen LogP contribution in [0.15, 0.2) is 48.7 Å². The van der Waals surface area contributed by atoms with Gasteiger partial charge in [-0.3, -0.25) is 5.10 Å². The summed E-state index contributed by atoms with van der Waals surface area (Å²) >= 11 is 0. The van der Waals surface area contributed by atoms with E-state index >= 15 is 0 Å². The number of nitrogens with one attached hydrogen (secondary N) is 2. The third kappa shape index (κ3) is 1.50. The molecular weight excluding hydrogens is 200 g/mol. The van der Waals surface area contributed by atoms with Gasteiger partial charge in [0.15, 0.2) is 11.6 Å². The van der Waals surface area contributed by atoms with Crippen molar-refractivity contribution in [2.45, 2.75) is 0 Å². The summed E-state index contributed by atoms with van der Waals surface area (Å²) in [6.07, 6.45) is 1.86. The van der Waals surface area contributed by atoms with Crippen LogP contribution in [-0.4, -0.2) is 20.2 Å². The minimum absolute atomic E-state index is 0.713. The van der Waals surface area contributed by atoms with Gasteiger partial charge in [0, 0.05) is 11.8 Å². The lowest BCUT2D eigenvalue weighted by molar-refractivity contribution is 1.09. The maximum absolute atomic E-state index is 4.43. The van der Waals surface area contributed by atoms with Gasteiger partial charge < -0.3 is 4.98 Å². The Balaban J connectivity index is 2.00. The molecule has 2 N–H and O–H groups in total. The fraction of sp³-hybridized carbons (Fsp3) is 0. The molecule has 0 bridgehead atoms. The van der Waals surface area contributed by atoms with Gasteiger partial charge in [0.1, 0.15) is 0 Å². The first kappa shape index (κ1) is 8.91. The van der Waals surface area contributed by atoms with Crippen molar-refractivity contribution in [2.75, 3.05) is 0 Å². The maximum atomic E-state index is 4.43. The van der Waals surface area contributed by atoms with Crippen molar-refractivity contribution >= 4 is 0 Å². The van der Waals surface area contributed by atoms with Crippen LogP contribution in [0.2, 0.25) is 0 Å². The Kier molecular flexibility index (Phi) is 2.04. The lowest BCUT2D eigenvalue weighted by Crippen LogP contribution is -1.80. The van der Waals surface area contributed by atoms with E-state index in [4.69, 9.17) is 0 Å². The highest BCUT2D eigenvalue weighted by Crippen LogP contribution is 2.17. The van der Waals surface area contributed by atoms with Crippen molar-refractivity contribution in [3.05, 3.63) is 48.7 Å². The van der Waals surface area contributed by atoms with Crippen molar-refractivity contribution in [3.8, 4) is 22.9 Å². The van der Waals surface area contributed by atoms with Crippen molar-refractivity contribution in [2.24, 2.45) is 0 Å². The zero-order valence-corrected chi connectivity index (χ0v) is 8.51. The second-order valence-corrected chi connectivity index (χ2v) is 3.46. The number of nitrogens with zero attached hydrogens (tertiary/aromatic N) is 2. The average molecular weight is 210 g/mol. The van der Waals surface area contributed by atoms with Gasteiger partial charge in [-0.2, -0.15) is 5.10 Å². The average Bonchev–Trinajstić information content (AvgIpc) is 3.01. The van der Waals surface area contributed by atoms with E-state index in [1.165, 1.54) is 0 Å². The quantitative estimate of drug-likeness (QED) is 0.682. The minimum atomic E-state index is 0.713. The number of benzene rings is 1. The van der Waals surface area contributed by atoms with Crippen LogP contribution in [0, 0.1) is 0 Å². The monoisotopic (exact) mass is 210 g/mol. The highest BCUT2D eigenvalue weighted by atomic mass is 15.2. The smallest absolute Gasteiger partial charge is 0.181 e. The molecule has 0 aliphatic heterocycles. The van der Waals surface area contributed by atoms with Gasteiger partial charge in [-0.15, -0.1) is 0 Å². The summed E-state index contributed by atoms with van der Waals surface area (Å²) in [6.45, 7) is 0. The summed E-state index contributed by atoms with van der Waals surface area (Å²) in [4.78, 5) is 7.51. The fourth-order valence-electron chi connectivity index (χ4n) is 1.58. The first-order valence-electron chi connectivity index (χ1n) is 5.05. The first-order chi connectivity index (χ1) is 7.93. The topological polar surface area (TPSA) is 57.4 Å². The maximum Gasteiger partial charge on any atom is 0.181 e. The molecule has 78 valence electrons. The van der Waals surface area contributed by atoms with Gasteiger partial charge in [0.2, 0.25) is 0 Å². The van der Waals surface area contributed by atoms with Crippen LogP contribution in [0.4, 0.5) is 0 Å². The van der Waals surface area contributed by atoms with Crippen molar-refractivity contribution in [1.29, 1.82) is 0 Å². The Bertz CT molecular complexity index is 566. The van der Waals surface area contributed by atoms with Crippen LogP contribution in [0.25, 0.3) is 22.9 Å². The number of aromatic nitrogens is 4. The highest BCUT2D eigenvalue weighted by Gasteiger charge is 2.06. The van der Waals surface area contributed by atoms with Crippen molar-refractivity contribution < 1.29 is 0 Å². The first-order valence-corrected chi connectivity index (χ1v) is 5.05. The lowest BCUT2D eigenvalue weighted by atomic mass is 10.2. The highest BCUT2D eigenvalue weighted by molar-refractivity contribution is 5.58. The zero-order chi connectivity index (χ0) is 10.8. The van der Waals surface area contributed by atoms with Gasteiger partial charge >= 0.3 is 0 Å². The molecule has 0 atom stereocenters. The number of aromatic amines is 2. The Morgan fingerprint density at radius 3 is 2.56 bits per heavy atom. The summed E-state index contributed by atoms with van der Waals surface area (Å²) in [6, 6.07) is 13.8. The summed E-state index contributed by atoms with van der Waals surface area (Å²) in [5.41, 5.74) is 1.95. The van der Waals surface area contributed by atoms with Crippen LogP contribution in [0.1, 0.15) is 0 Å². The normalized spacial score (nSPS) is 10.5. The molecule has 16 heavy (non-hydrogen) atoms. The summed E-state index contributed by atoms with van der Waals surface area (Å²) < 4.78 is 0. The molecule has 0 saturated carbocycles. The molecule has 0 fully saturated rings. The number of H-pyrrole nitrogens is 2. The second kappa shape index (κ2) is 3.66. The van der Waals surface area contributed by atoms with Gasteiger partial charge in [-0.25, -0.2) is 4.98 Å². The Morgan fingerprint density at radius 2 is 1.81 bits per heavy atom. The van der Waals surface area contributed by atoms with Gasteiger partial charge in [0.05, 0.1) is 5.69 Å².